The van der Waals surface area contributed by atoms with Crippen LogP contribution in [0.3, 0.4) is 0 Å². The first-order chi connectivity index (χ1) is 13.4. The Morgan fingerprint density at radius 2 is 1.54 bits per heavy atom. The van der Waals surface area contributed by atoms with Gasteiger partial charge in [0.25, 0.3) is 15.9 Å². The van der Waals surface area contributed by atoms with Gasteiger partial charge in [-0.05, 0) is 41.5 Å². The number of hydrogen-bond donors (Lipinski definition) is 1. The highest BCUT2D eigenvalue weighted by atomic mass is 32.2. The van der Waals surface area contributed by atoms with E-state index in [1.54, 1.807) is 18.2 Å². The van der Waals surface area contributed by atoms with Crippen molar-refractivity contribution in [1.82, 2.24) is 4.47 Å². The van der Waals surface area contributed by atoms with Gasteiger partial charge in [-0.15, -0.1) is 0 Å². The molecule has 3 aromatic carbocycles. The van der Waals surface area contributed by atoms with Crippen molar-refractivity contribution in [1.29, 1.82) is 0 Å². The van der Waals surface area contributed by atoms with Crippen LogP contribution in [0, 0.1) is 0 Å². The summed E-state index contributed by atoms with van der Waals surface area (Å²) in [7, 11) is -1.28. The molecule has 0 radical (unpaired) electrons. The molecular weight excluding hydrogens is 376 g/mol. The summed E-state index contributed by atoms with van der Waals surface area (Å²) in [4.78, 5) is 17.3. The standard InChI is InChI=1S/C21H20N2O4S/c1-23(27-2)28(25,26)20-10-6-9-18(15-20)21(24)22-19-13-11-17(12-14-19)16-7-4-3-5-8-16/h3-15H,1-2H3,(H,22,24). The van der Waals surface area contributed by atoms with E-state index >= 15 is 0 Å². The van der Waals surface area contributed by atoms with Gasteiger partial charge in [-0.3, -0.25) is 9.63 Å². The average molecular weight is 396 g/mol. The van der Waals surface area contributed by atoms with Crippen LogP contribution in [-0.4, -0.2) is 33.0 Å². The topological polar surface area (TPSA) is 75.7 Å². The van der Waals surface area contributed by atoms with Crippen molar-refractivity contribution in [2.45, 2.75) is 4.90 Å². The molecule has 0 aromatic heterocycles. The number of carbonyl (C=O) groups excluding carboxylic acids is 1. The summed E-state index contributed by atoms with van der Waals surface area (Å²) in [6.07, 6.45) is 0. The van der Waals surface area contributed by atoms with Crippen LogP contribution in [0.25, 0.3) is 11.1 Å². The number of hydroxylamine groups is 1. The van der Waals surface area contributed by atoms with E-state index in [9.17, 15) is 13.2 Å². The Kier molecular flexibility index (Phi) is 5.89. The van der Waals surface area contributed by atoms with Crippen LogP contribution in [0.4, 0.5) is 5.69 Å². The molecule has 1 N–H and O–H groups in total. The molecule has 0 bridgehead atoms. The molecule has 6 nitrogen and oxygen atoms in total. The Morgan fingerprint density at radius 3 is 2.18 bits per heavy atom. The number of hydrogen-bond acceptors (Lipinski definition) is 4. The molecule has 3 rings (SSSR count). The number of sulfonamides is 1. The third-order valence-corrected chi connectivity index (χ3v) is 5.92. The van der Waals surface area contributed by atoms with Gasteiger partial charge >= 0.3 is 0 Å². The second-order valence-electron chi connectivity index (χ2n) is 6.02. The maximum Gasteiger partial charge on any atom is 0.264 e. The molecule has 0 atom stereocenters. The van der Waals surface area contributed by atoms with E-state index < -0.39 is 15.9 Å². The number of nitrogens with one attached hydrogen (secondary N) is 1. The van der Waals surface area contributed by atoms with Crippen LogP contribution >= 0.6 is 0 Å². The number of carbonyl (C=O) groups is 1. The summed E-state index contributed by atoms with van der Waals surface area (Å²) in [6, 6.07) is 23.2. The SMILES string of the molecule is CON(C)S(=O)(=O)c1cccc(C(=O)Nc2ccc(-c3ccccc3)cc2)c1. The summed E-state index contributed by atoms with van der Waals surface area (Å²) < 4.78 is 25.4. The highest BCUT2D eigenvalue weighted by Gasteiger charge is 2.21. The Bertz CT molecular complexity index is 1070. The van der Waals surface area contributed by atoms with E-state index in [-0.39, 0.29) is 10.5 Å². The van der Waals surface area contributed by atoms with Crippen molar-refractivity contribution >= 4 is 21.6 Å². The van der Waals surface area contributed by atoms with Crippen LogP contribution in [0.15, 0.2) is 83.8 Å². The van der Waals surface area contributed by atoms with Gasteiger partial charge in [0.2, 0.25) is 0 Å². The smallest absolute Gasteiger partial charge is 0.264 e. The van der Waals surface area contributed by atoms with Gasteiger partial charge in [0.15, 0.2) is 0 Å². The van der Waals surface area contributed by atoms with Crippen molar-refractivity contribution in [3.05, 3.63) is 84.4 Å². The number of amides is 1. The van der Waals surface area contributed by atoms with E-state index in [1.165, 1.54) is 32.4 Å². The van der Waals surface area contributed by atoms with Gasteiger partial charge in [-0.1, -0.05) is 53.0 Å². The van der Waals surface area contributed by atoms with Gasteiger partial charge in [0, 0.05) is 18.3 Å². The molecule has 0 spiro atoms. The fraction of sp³-hybridized carbons (Fsp3) is 0.0952. The second-order valence-corrected chi connectivity index (χ2v) is 7.96. The zero-order valence-corrected chi connectivity index (χ0v) is 16.3. The molecular formula is C21H20N2O4S. The Labute approximate surface area is 164 Å². The molecule has 1 amide bonds. The zero-order valence-electron chi connectivity index (χ0n) is 15.5. The normalized spacial score (nSPS) is 11.4. The van der Waals surface area contributed by atoms with E-state index in [1.807, 2.05) is 42.5 Å². The average Bonchev–Trinajstić information content (AvgIpc) is 2.74. The fourth-order valence-corrected chi connectivity index (χ4v) is 3.64. The van der Waals surface area contributed by atoms with Crippen molar-refractivity contribution < 1.29 is 18.0 Å². The minimum absolute atomic E-state index is 0.0241. The molecule has 0 saturated heterocycles. The molecule has 0 aliphatic heterocycles. The molecule has 0 fully saturated rings. The quantitative estimate of drug-likeness (QED) is 0.643. The second kappa shape index (κ2) is 8.35. The van der Waals surface area contributed by atoms with Crippen molar-refractivity contribution in [2.24, 2.45) is 0 Å². The van der Waals surface area contributed by atoms with E-state index in [2.05, 4.69) is 5.32 Å². The van der Waals surface area contributed by atoms with Crippen molar-refractivity contribution in [3.8, 4) is 11.1 Å². The van der Waals surface area contributed by atoms with Gasteiger partial charge in [-0.2, -0.15) is 0 Å². The first-order valence-corrected chi connectivity index (χ1v) is 9.96. The first kappa shape index (κ1) is 19.8. The maximum absolute atomic E-state index is 12.5. The zero-order chi connectivity index (χ0) is 20.1. The molecule has 0 saturated carbocycles. The number of benzene rings is 3. The molecule has 0 heterocycles. The summed E-state index contributed by atoms with van der Waals surface area (Å²) in [5, 5.41) is 2.78. The Hall–Kier alpha value is -3.00. The lowest BCUT2D eigenvalue weighted by molar-refractivity contribution is -0.0258. The monoisotopic (exact) mass is 396 g/mol. The predicted molar refractivity (Wildman–Crippen MR) is 108 cm³/mol. The summed E-state index contributed by atoms with van der Waals surface area (Å²) >= 11 is 0. The molecule has 3 aromatic rings. The number of nitrogens with zero attached hydrogens (tertiary/aromatic N) is 1. The summed E-state index contributed by atoms with van der Waals surface area (Å²) in [5.74, 6) is -0.399. The van der Waals surface area contributed by atoms with Gasteiger partial charge in [0.1, 0.15) is 0 Å². The van der Waals surface area contributed by atoms with E-state index in [0.717, 1.165) is 15.6 Å². The number of anilines is 1. The third-order valence-electron chi connectivity index (χ3n) is 4.24. The van der Waals surface area contributed by atoms with Crippen molar-refractivity contribution in [3.63, 3.8) is 0 Å². The molecule has 7 heteroatoms. The lowest BCUT2D eigenvalue weighted by Gasteiger charge is -2.14. The molecule has 0 aliphatic carbocycles. The van der Waals surface area contributed by atoms with Crippen LogP contribution in [0.2, 0.25) is 0 Å². The third kappa shape index (κ3) is 4.28. The molecule has 0 aliphatic rings. The number of rotatable bonds is 6. The van der Waals surface area contributed by atoms with E-state index in [0.29, 0.717) is 5.69 Å². The predicted octanol–water partition coefficient (Wildman–Crippen LogP) is 3.79. The summed E-state index contributed by atoms with van der Waals surface area (Å²) in [5.41, 5.74) is 2.97. The van der Waals surface area contributed by atoms with Crippen molar-refractivity contribution in [2.75, 3.05) is 19.5 Å². The van der Waals surface area contributed by atoms with Crippen LogP contribution in [-0.2, 0) is 14.9 Å². The van der Waals surface area contributed by atoms with Gasteiger partial charge < -0.3 is 5.32 Å². The minimum Gasteiger partial charge on any atom is -0.322 e. The maximum atomic E-state index is 12.5. The largest absolute Gasteiger partial charge is 0.322 e. The molecule has 0 unspecified atom stereocenters. The van der Waals surface area contributed by atoms with E-state index in [4.69, 9.17) is 4.84 Å². The van der Waals surface area contributed by atoms with Crippen LogP contribution < -0.4 is 5.32 Å². The Morgan fingerprint density at radius 1 is 0.893 bits per heavy atom. The van der Waals surface area contributed by atoms with Gasteiger partial charge in [-0.25, -0.2) is 8.42 Å². The highest BCUT2D eigenvalue weighted by molar-refractivity contribution is 7.89. The fourth-order valence-electron chi connectivity index (χ4n) is 2.62. The van der Waals surface area contributed by atoms with Crippen LogP contribution in [0.5, 0.6) is 0 Å². The highest BCUT2D eigenvalue weighted by Crippen LogP contribution is 2.22. The first-order valence-electron chi connectivity index (χ1n) is 8.52. The lowest BCUT2D eigenvalue weighted by Crippen LogP contribution is -2.26. The van der Waals surface area contributed by atoms with Crippen LogP contribution in [0.1, 0.15) is 10.4 Å². The molecule has 144 valence electrons. The summed E-state index contributed by atoms with van der Waals surface area (Å²) in [6.45, 7) is 0. The minimum atomic E-state index is -3.82. The molecule has 28 heavy (non-hydrogen) atoms. The lowest BCUT2D eigenvalue weighted by atomic mass is 10.1. The Balaban J connectivity index is 1.78. The van der Waals surface area contributed by atoms with Gasteiger partial charge in [0.05, 0.1) is 12.0 Å².